The number of carbonyl (C=O) groups is 2. The first-order valence-corrected chi connectivity index (χ1v) is 8.54. The first kappa shape index (κ1) is 20.2. The van der Waals surface area contributed by atoms with Gasteiger partial charge in [-0.05, 0) is 53.3 Å². The number of hydrogen-bond donors (Lipinski definition) is 1. The van der Waals surface area contributed by atoms with E-state index in [-0.39, 0.29) is 36.5 Å². The number of nitrogens with one attached hydrogen (secondary N) is 1. The molecule has 24 heavy (non-hydrogen) atoms. The van der Waals surface area contributed by atoms with Crippen molar-refractivity contribution < 1.29 is 9.59 Å². The fourth-order valence-corrected chi connectivity index (χ4v) is 2.53. The molecule has 0 aliphatic heterocycles. The van der Waals surface area contributed by atoms with E-state index in [1.807, 2.05) is 76.8 Å². The summed E-state index contributed by atoms with van der Waals surface area (Å²) in [6.45, 7) is 12.9. The van der Waals surface area contributed by atoms with Crippen molar-refractivity contribution in [1.82, 2.24) is 10.2 Å². The number of carbonyl (C=O) groups excluding carboxylic acids is 2. The van der Waals surface area contributed by atoms with Crippen LogP contribution in [0.3, 0.4) is 0 Å². The van der Waals surface area contributed by atoms with Gasteiger partial charge in [0.05, 0.1) is 13.1 Å². The fraction of sp³-hybridized carbons (Fsp3) is 0.579. The molecule has 0 heterocycles. The van der Waals surface area contributed by atoms with E-state index in [4.69, 9.17) is 0 Å². The summed E-state index contributed by atoms with van der Waals surface area (Å²) in [5.41, 5.74) is 0.613. The van der Waals surface area contributed by atoms with Crippen LogP contribution in [0.4, 0.5) is 5.69 Å². The van der Waals surface area contributed by atoms with Crippen LogP contribution >= 0.6 is 0 Å². The molecule has 0 bridgehead atoms. The molecule has 0 aliphatic rings. The Hall–Kier alpha value is -1.88. The second kappa shape index (κ2) is 8.83. The van der Waals surface area contributed by atoms with Crippen LogP contribution in [0.25, 0.3) is 0 Å². The lowest BCUT2D eigenvalue weighted by molar-refractivity contribution is -0.125. The molecule has 1 N–H and O–H groups in total. The quantitative estimate of drug-likeness (QED) is 0.835. The van der Waals surface area contributed by atoms with Gasteiger partial charge in [-0.1, -0.05) is 25.1 Å². The molecule has 0 saturated heterocycles. The maximum Gasteiger partial charge on any atom is 0.241 e. The van der Waals surface area contributed by atoms with Gasteiger partial charge >= 0.3 is 0 Å². The molecule has 0 aromatic heterocycles. The first-order chi connectivity index (χ1) is 11.1. The van der Waals surface area contributed by atoms with Gasteiger partial charge in [0.15, 0.2) is 0 Å². The van der Waals surface area contributed by atoms with E-state index >= 15 is 0 Å². The highest BCUT2D eigenvalue weighted by Crippen LogP contribution is 2.17. The third kappa shape index (κ3) is 6.71. The van der Waals surface area contributed by atoms with Crippen LogP contribution < -0.4 is 10.2 Å². The molecule has 5 nitrogen and oxygen atoms in total. The molecule has 134 valence electrons. The van der Waals surface area contributed by atoms with E-state index in [1.165, 1.54) is 0 Å². The molecule has 0 unspecified atom stereocenters. The number of rotatable bonds is 7. The predicted octanol–water partition coefficient (Wildman–Crippen LogP) is 2.66. The number of nitrogens with zero attached hydrogens (tertiary/aromatic N) is 2. The minimum atomic E-state index is -0.269. The number of anilines is 1. The van der Waals surface area contributed by atoms with Crippen LogP contribution in [0.1, 0.15) is 41.5 Å². The van der Waals surface area contributed by atoms with E-state index in [9.17, 15) is 9.59 Å². The molecule has 5 heteroatoms. The SMILES string of the molecule is CCN(CC(=O)NC(C)(C)C)CC(=O)N(c1ccccc1)C(C)C. The van der Waals surface area contributed by atoms with Crippen LogP contribution in [-0.2, 0) is 9.59 Å². The van der Waals surface area contributed by atoms with Gasteiger partial charge < -0.3 is 10.2 Å². The van der Waals surface area contributed by atoms with Crippen molar-refractivity contribution in [2.75, 3.05) is 24.5 Å². The Labute approximate surface area is 146 Å². The van der Waals surface area contributed by atoms with Crippen molar-refractivity contribution in [2.45, 2.75) is 53.1 Å². The summed E-state index contributed by atoms with van der Waals surface area (Å²) in [4.78, 5) is 28.5. The van der Waals surface area contributed by atoms with Crippen molar-refractivity contribution in [1.29, 1.82) is 0 Å². The second-order valence-electron chi connectivity index (χ2n) is 7.29. The summed E-state index contributed by atoms with van der Waals surface area (Å²) < 4.78 is 0. The van der Waals surface area contributed by atoms with Crippen molar-refractivity contribution in [3.63, 3.8) is 0 Å². The third-order valence-corrected chi connectivity index (χ3v) is 3.51. The topological polar surface area (TPSA) is 52.7 Å². The van der Waals surface area contributed by atoms with Crippen molar-refractivity contribution in [3.05, 3.63) is 30.3 Å². The normalized spacial score (nSPS) is 11.7. The van der Waals surface area contributed by atoms with Gasteiger partial charge in [0.2, 0.25) is 11.8 Å². The minimum Gasteiger partial charge on any atom is -0.350 e. The Bertz CT molecular complexity index is 535. The van der Waals surface area contributed by atoms with Crippen LogP contribution in [0.2, 0.25) is 0 Å². The number of para-hydroxylation sites is 1. The van der Waals surface area contributed by atoms with Gasteiger partial charge in [-0.25, -0.2) is 0 Å². The summed E-state index contributed by atoms with van der Waals surface area (Å²) in [7, 11) is 0. The fourth-order valence-electron chi connectivity index (χ4n) is 2.53. The third-order valence-electron chi connectivity index (χ3n) is 3.51. The molecule has 1 aromatic carbocycles. The van der Waals surface area contributed by atoms with Gasteiger partial charge in [-0.3, -0.25) is 14.5 Å². The zero-order valence-electron chi connectivity index (χ0n) is 15.8. The molecule has 0 aliphatic carbocycles. The Morgan fingerprint density at radius 3 is 2.12 bits per heavy atom. The highest BCUT2D eigenvalue weighted by atomic mass is 16.2. The number of likely N-dealkylation sites (N-methyl/N-ethyl adjacent to an activating group) is 1. The average molecular weight is 333 g/mol. The largest absolute Gasteiger partial charge is 0.350 e. The van der Waals surface area contributed by atoms with E-state index in [2.05, 4.69) is 5.32 Å². The summed E-state index contributed by atoms with van der Waals surface area (Å²) in [6, 6.07) is 9.70. The number of amides is 2. The van der Waals surface area contributed by atoms with E-state index in [0.717, 1.165) is 5.69 Å². The maximum absolute atomic E-state index is 12.8. The number of benzene rings is 1. The molecule has 0 saturated carbocycles. The second-order valence-corrected chi connectivity index (χ2v) is 7.29. The van der Waals surface area contributed by atoms with Gasteiger partial charge in [0.25, 0.3) is 0 Å². The van der Waals surface area contributed by atoms with Crippen molar-refractivity contribution >= 4 is 17.5 Å². The molecular formula is C19H31N3O2. The Balaban J connectivity index is 2.76. The molecule has 0 radical (unpaired) electrons. The zero-order chi connectivity index (χ0) is 18.3. The van der Waals surface area contributed by atoms with Gasteiger partial charge in [-0.15, -0.1) is 0 Å². The molecule has 0 fully saturated rings. The van der Waals surface area contributed by atoms with Crippen LogP contribution in [0.15, 0.2) is 30.3 Å². The lowest BCUT2D eigenvalue weighted by Crippen LogP contribution is -2.49. The summed E-state index contributed by atoms with van der Waals surface area (Å²) >= 11 is 0. The van der Waals surface area contributed by atoms with Crippen LogP contribution in [0, 0.1) is 0 Å². The smallest absolute Gasteiger partial charge is 0.241 e. The highest BCUT2D eigenvalue weighted by molar-refractivity contribution is 5.95. The molecule has 1 rings (SSSR count). The van der Waals surface area contributed by atoms with Gasteiger partial charge in [-0.2, -0.15) is 0 Å². The maximum atomic E-state index is 12.8. The molecule has 2 amide bonds. The van der Waals surface area contributed by atoms with E-state index < -0.39 is 0 Å². The summed E-state index contributed by atoms with van der Waals surface area (Å²) in [5, 5.41) is 2.94. The first-order valence-electron chi connectivity index (χ1n) is 8.54. The summed E-state index contributed by atoms with van der Waals surface area (Å²) in [6.07, 6.45) is 0. The summed E-state index contributed by atoms with van der Waals surface area (Å²) in [5.74, 6) is -0.0606. The van der Waals surface area contributed by atoms with Gasteiger partial charge in [0.1, 0.15) is 0 Å². The predicted molar refractivity (Wildman–Crippen MR) is 99.1 cm³/mol. The number of hydrogen-bond acceptors (Lipinski definition) is 3. The highest BCUT2D eigenvalue weighted by Gasteiger charge is 2.23. The van der Waals surface area contributed by atoms with Gasteiger partial charge in [0, 0.05) is 17.3 Å². The molecule has 0 spiro atoms. The minimum absolute atomic E-state index is 0.00149. The van der Waals surface area contributed by atoms with Crippen LogP contribution in [-0.4, -0.2) is 47.9 Å². The average Bonchev–Trinajstić information content (AvgIpc) is 2.45. The Morgan fingerprint density at radius 2 is 1.67 bits per heavy atom. The van der Waals surface area contributed by atoms with E-state index in [1.54, 1.807) is 4.90 Å². The zero-order valence-corrected chi connectivity index (χ0v) is 15.8. The molecular weight excluding hydrogens is 302 g/mol. The molecule has 0 atom stereocenters. The Kier molecular flexibility index (Phi) is 7.42. The lowest BCUT2D eigenvalue weighted by atomic mass is 10.1. The van der Waals surface area contributed by atoms with E-state index in [0.29, 0.717) is 6.54 Å². The lowest BCUT2D eigenvalue weighted by Gasteiger charge is -2.30. The standard InChI is InChI=1S/C19H31N3O2/c1-7-21(13-17(23)20-19(4,5)6)14-18(24)22(15(2)3)16-11-9-8-10-12-16/h8-12,15H,7,13-14H2,1-6H3,(H,20,23). The Morgan fingerprint density at radius 1 is 1.08 bits per heavy atom. The molecule has 1 aromatic rings. The van der Waals surface area contributed by atoms with Crippen molar-refractivity contribution in [3.8, 4) is 0 Å². The van der Waals surface area contributed by atoms with Crippen LogP contribution in [0.5, 0.6) is 0 Å². The van der Waals surface area contributed by atoms with Crippen molar-refractivity contribution in [2.24, 2.45) is 0 Å². The monoisotopic (exact) mass is 333 g/mol.